The molecule has 0 spiro atoms. The first-order valence-corrected chi connectivity index (χ1v) is 9.12. The smallest absolute Gasteiger partial charge is 0.422 e. The number of para-hydroxylation sites is 1. The maximum absolute atomic E-state index is 12.2. The molecular formula is C20H21F3N6O. The van der Waals surface area contributed by atoms with E-state index in [2.05, 4.69) is 25.8 Å². The molecule has 7 nitrogen and oxygen atoms in total. The number of nitrogens with one attached hydrogen (secondary N) is 2. The molecule has 0 aliphatic heterocycles. The lowest BCUT2D eigenvalue weighted by Crippen LogP contribution is -2.36. The lowest BCUT2D eigenvalue weighted by Gasteiger charge is -2.13. The van der Waals surface area contributed by atoms with Crippen molar-refractivity contribution in [1.29, 1.82) is 0 Å². The van der Waals surface area contributed by atoms with Gasteiger partial charge in [-0.25, -0.2) is 0 Å². The zero-order valence-electron chi connectivity index (χ0n) is 16.2. The van der Waals surface area contributed by atoms with E-state index in [1.165, 1.54) is 12.1 Å². The monoisotopic (exact) mass is 418 g/mol. The number of nitrogens with zero attached hydrogens (tertiary/aromatic N) is 4. The average Bonchev–Trinajstić information content (AvgIpc) is 3.22. The fourth-order valence-electron chi connectivity index (χ4n) is 2.62. The quantitative estimate of drug-likeness (QED) is 0.456. The summed E-state index contributed by atoms with van der Waals surface area (Å²) < 4.78 is 43.2. The van der Waals surface area contributed by atoms with Crippen molar-refractivity contribution < 1.29 is 17.9 Å². The molecule has 3 rings (SSSR count). The molecule has 0 aliphatic carbocycles. The number of aromatic nitrogens is 3. The Morgan fingerprint density at radius 2 is 1.73 bits per heavy atom. The number of guanidine groups is 1. The van der Waals surface area contributed by atoms with Crippen LogP contribution < -0.4 is 15.4 Å². The molecule has 158 valence electrons. The number of alkyl halides is 3. The number of aliphatic imine (C=N–C) groups is 1. The number of ether oxygens (including phenoxy) is 1. The van der Waals surface area contributed by atoms with Crippen molar-refractivity contribution in [2.75, 3.05) is 13.7 Å². The average molecular weight is 418 g/mol. The summed E-state index contributed by atoms with van der Waals surface area (Å²) in [5, 5.41) is 14.4. The van der Waals surface area contributed by atoms with Gasteiger partial charge in [-0.3, -0.25) is 9.56 Å². The van der Waals surface area contributed by atoms with Crippen LogP contribution >= 0.6 is 0 Å². The summed E-state index contributed by atoms with van der Waals surface area (Å²) in [4.78, 5) is 4.17. The second-order valence-corrected chi connectivity index (χ2v) is 6.28. The van der Waals surface area contributed by atoms with Gasteiger partial charge in [-0.2, -0.15) is 13.2 Å². The first-order chi connectivity index (χ1) is 14.4. The largest absolute Gasteiger partial charge is 0.484 e. The number of halogens is 3. The standard InChI is InChI=1S/C20H21F3N6O/c1-24-19(25-11-15-7-9-17(10-8-15)30-13-20(21,22)23)26-12-18-28-27-14-29(18)16-5-3-2-4-6-16/h2-10,14H,11-13H2,1H3,(H2,24,25,26). The normalized spacial score (nSPS) is 11.9. The van der Waals surface area contributed by atoms with Gasteiger partial charge >= 0.3 is 6.18 Å². The molecule has 0 saturated carbocycles. The Hall–Kier alpha value is -3.56. The zero-order chi connectivity index (χ0) is 21.4. The van der Waals surface area contributed by atoms with Gasteiger partial charge < -0.3 is 15.4 Å². The van der Waals surface area contributed by atoms with Crippen LogP contribution in [0.2, 0.25) is 0 Å². The molecule has 2 N–H and O–H groups in total. The first-order valence-electron chi connectivity index (χ1n) is 9.12. The number of benzene rings is 2. The molecule has 0 radical (unpaired) electrons. The summed E-state index contributed by atoms with van der Waals surface area (Å²) in [6.45, 7) is -0.474. The molecule has 0 unspecified atom stereocenters. The van der Waals surface area contributed by atoms with Crippen molar-refractivity contribution in [2.45, 2.75) is 19.3 Å². The van der Waals surface area contributed by atoms with Crippen LogP contribution in [0.25, 0.3) is 5.69 Å². The highest BCUT2D eigenvalue weighted by molar-refractivity contribution is 5.79. The van der Waals surface area contributed by atoms with Crippen molar-refractivity contribution in [1.82, 2.24) is 25.4 Å². The van der Waals surface area contributed by atoms with E-state index in [0.29, 0.717) is 19.0 Å². The Morgan fingerprint density at radius 1 is 1.03 bits per heavy atom. The van der Waals surface area contributed by atoms with Crippen LogP contribution in [-0.2, 0) is 13.1 Å². The van der Waals surface area contributed by atoms with Gasteiger partial charge in [0, 0.05) is 19.3 Å². The van der Waals surface area contributed by atoms with Crippen molar-refractivity contribution >= 4 is 5.96 Å². The van der Waals surface area contributed by atoms with Gasteiger partial charge in [0.05, 0.1) is 6.54 Å². The maximum atomic E-state index is 12.2. The van der Waals surface area contributed by atoms with Crippen molar-refractivity contribution in [3.63, 3.8) is 0 Å². The van der Waals surface area contributed by atoms with E-state index >= 15 is 0 Å². The van der Waals surface area contributed by atoms with Gasteiger partial charge in [0.25, 0.3) is 0 Å². The second kappa shape index (κ2) is 9.77. The topological polar surface area (TPSA) is 76.4 Å². The zero-order valence-corrected chi connectivity index (χ0v) is 16.2. The van der Waals surface area contributed by atoms with Crippen LogP contribution in [-0.4, -0.2) is 40.6 Å². The molecule has 3 aromatic rings. The van der Waals surface area contributed by atoms with Crippen LogP contribution in [0.1, 0.15) is 11.4 Å². The number of hydrogen-bond acceptors (Lipinski definition) is 4. The minimum absolute atomic E-state index is 0.166. The molecule has 2 aromatic carbocycles. The van der Waals surface area contributed by atoms with E-state index in [-0.39, 0.29) is 5.75 Å². The number of hydrogen-bond donors (Lipinski definition) is 2. The van der Waals surface area contributed by atoms with E-state index in [4.69, 9.17) is 4.74 Å². The Labute approximate surface area is 171 Å². The van der Waals surface area contributed by atoms with Gasteiger partial charge in [-0.15, -0.1) is 10.2 Å². The molecule has 0 bridgehead atoms. The maximum Gasteiger partial charge on any atom is 0.422 e. The fourth-order valence-corrected chi connectivity index (χ4v) is 2.62. The Morgan fingerprint density at radius 3 is 2.40 bits per heavy atom. The predicted octanol–water partition coefficient (Wildman–Crippen LogP) is 3.07. The summed E-state index contributed by atoms with van der Waals surface area (Å²) in [6, 6.07) is 16.1. The van der Waals surface area contributed by atoms with Gasteiger partial charge in [0.1, 0.15) is 12.1 Å². The molecule has 0 amide bonds. The van der Waals surface area contributed by atoms with Gasteiger partial charge in [0.2, 0.25) is 0 Å². The SMILES string of the molecule is CN=C(NCc1ccc(OCC(F)(F)F)cc1)NCc1nncn1-c1ccccc1. The second-order valence-electron chi connectivity index (χ2n) is 6.28. The third-order valence-electron chi connectivity index (χ3n) is 4.08. The molecule has 30 heavy (non-hydrogen) atoms. The molecule has 1 aromatic heterocycles. The minimum Gasteiger partial charge on any atom is -0.484 e. The van der Waals surface area contributed by atoms with Gasteiger partial charge in [-0.05, 0) is 29.8 Å². The fraction of sp³-hybridized carbons (Fsp3) is 0.250. The summed E-state index contributed by atoms with van der Waals surface area (Å²) in [5.74, 6) is 1.43. The predicted molar refractivity (Wildman–Crippen MR) is 106 cm³/mol. The Kier molecular flexibility index (Phi) is 6.89. The molecule has 0 aliphatic rings. The molecule has 0 atom stereocenters. The van der Waals surface area contributed by atoms with Crippen LogP contribution in [0.4, 0.5) is 13.2 Å². The van der Waals surface area contributed by atoms with Crippen LogP contribution in [0.5, 0.6) is 5.75 Å². The highest BCUT2D eigenvalue weighted by Crippen LogP contribution is 2.18. The lowest BCUT2D eigenvalue weighted by molar-refractivity contribution is -0.153. The summed E-state index contributed by atoms with van der Waals surface area (Å²) in [7, 11) is 1.64. The van der Waals surface area contributed by atoms with E-state index in [1.807, 2.05) is 34.9 Å². The molecule has 10 heteroatoms. The van der Waals surface area contributed by atoms with E-state index in [0.717, 1.165) is 17.1 Å². The van der Waals surface area contributed by atoms with Crippen LogP contribution in [0.15, 0.2) is 65.9 Å². The summed E-state index contributed by atoms with van der Waals surface area (Å²) in [5.41, 5.74) is 1.82. The lowest BCUT2D eigenvalue weighted by atomic mass is 10.2. The third-order valence-corrected chi connectivity index (χ3v) is 4.08. The highest BCUT2D eigenvalue weighted by Gasteiger charge is 2.28. The van der Waals surface area contributed by atoms with Crippen molar-refractivity contribution in [3.8, 4) is 11.4 Å². The molecular weight excluding hydrogens is 397 g/mol. The molecule has 1 heterocycles. The first kappa shape index (κ1) is 21.2. The van der Waals surface area contributed by atoms with E-state index < -0.39 is 12.8 Å². The van der Waals surface area contributed by atoms with Gasteiger partial charge in [0.15, 0.2) is 18.4 Å². The Balaban J connectivity index is 1.51. The van der Waals surface area contributed by atoms with Crippen LogP contribution in [0, 0.1) is 0 Å². The third kappa shape index (κ3) is 6.23. The Bertz CT molecular complexity index is 955. The van der Waals surface area contributed by atoms with Crippen molar-refractivity contribution in [2.24, 2.45) is 4.99 Å². The number of rotatable bonds is 7. The molecule has 0 fully saturated rings. The van der Waals surface area contributed by atoms with Crippen molar-refractivity contribution in [3.05, 3.63) is 72.3 Å². The summed E-state index contributed by atoms with van der Waals surface area (Å²) in [6.07, 6.45) is -2.71. The van der Waals surface area contributed by atoms with Gasteiger partial charge in [-0.1, -0.05) is 30.3 Å². The summed E-state index contributed by atoms with van der Waals surface area (Å²) >= 11 is 0. The highest BCUT2D eigenvalue weighted by atomic mass is 19.4. The van der Waals surface area contributed by atoms with E-state index in [1.54, 1.807) is 25.5 Å². The van der Waals surface area contributed by atoms with Crippen LogP contribution in [0.3, 0.4) is 0 Å². The van der Waals surface area contributed by atoms with E-state index in [9.17, 15) is 13.2 Å². The molecule has 0 saturated heterocycles. The minimum atomic E-state index is -4.36.